The van der Waals surface area contributed by atoms with Gasteiger partial charge in [0, 0.05) is 12.6 Å². The highest BCUT2D eigenvalue weighted by Gasteiger charge is 2.39. The van der Waals surface area contributed by atoms with Crippen molar-refractivity contribution in [3.8, 4) is 0 Å². The van der Waals surface area contributed by atoms with Gasteiger partial charge in [-0.3, -0.25) is 0 Å². The fraction of sp³-hybridized carbons (Fsp3) is 0.846. The molecule has 2 fully saturated rings. The largest absolute Gasteiger partial charge is 0.480 e. The Kier molecular flexibility index (Phi) is 3.78. The van der Waals surface area contributed by atoms with Gasteiger partial charge in [-0.1, -0.05) is 20.3 Å². The number of amides is 2. The first-order valence-corrected chi connectivity index (χ1v) is 6.82. The van der Waals surface area contributed by atoms with Crippen LogP contribution in [-0.2, 0) is 4.79 Å². The predicted molar refractivity (Wildman–Crippen MR) is 67.2 cm³/mol. The summed E-state index contributed by atoms with van der Waals surface area (Å²) >= 11 is 0. The minimum atomic E-state index is -0.882. The van der Waals surface area contributed by atoms with Gasteiger partial charge in [0.2, 0.25) is 0 Å². The number of urea groups is 1. The number of rotatable bonds is 3. The maximum Gasteiger partial charge on any atom is 0.326 e. The van der Waals surface area contributed by atoms with Crippen LogP contribution >= 0.6 is 0 Å². The number of nitrogens with zero attached hydrogens (tertiary/aromatic N) is 1. The third kappa shape index (κ3) is 2.76. The molecule has 0 bridgehead atoms. The van der Waals surface area contributed by atoms with Gasteiger partial charge < -0.3 is 15.3 Å². The van der Waals surface area contributed by atoms with Crippen molar-refractivity contribution in [1.29, 1.82) is 0 Å². The minimum Gasteiger partial charge on any atom is -0.480 e. The Labute approximate surface area is 108 Å². The molecular weight excluding hydrogens is 232 g/mol. The number of carboxylic acid groups (broad SMARTS) is 1. The maximum atomic E-state index is 12.1. The molecule has 5 heteroatoms. The molecule has 18 heavy (non-hydrogen) atoms. The standard InChI is InChI=1S/C13H22N2O3/c1-3-9-4-5-15(11(7-9)12(16)17)13(18)14-10-6-8(10)2/h8-11H,3-7H2,1-2H3,(H,14,18)(H,16,17). The average molecular weight is 254 g/mol. The lowest BCUT2D eigenvalue weighted by molar-refractivity contribution is -0.144. The molecule has 1 saturated heterocycles. The van der Waals surface area contributed by atoms with Crippen molar-refractivity contribution in [2.24, 2.45) is 11.8 Å². The molecule has 1 aliphatic carbocycles. The highest BCUT2D eigenvalue weighted by Crippen LogP contribution is 2.30. The van der Waals surface area contributed by atoms with Crippen molar-refractivity contribution in [2.75, 3.05) is 6.54 Å². The van der Waals surface area contributed by atoms with Crippen molar-refractivity contribution < 1.29 is 14.7 Å². The van der Waals surface area contributed by atoms with Crippen LogP contribution < -0.4 is 5.32 Å². The highest BCUT2D eigenvalue weighted by atomic mass is 16.4. The smallest absolute Gasteiger partial charge is 0.326 e. The molecule has 2 N–H and O–H groups in total. The van der Waals surface area contributed by atoms with Crippen molar-refractivity contribution in [3.63, 3.8) is 0 Å². The highest BCUT2D eigenvalue weighted by molar-refractivity contribution is 5.83. The maximum absolute atomic E-state index is 12.1. The molecule has 0 aromatic rings. The molecule has 5 nitrogen and oxygen atoms in total. The number of carbonyl (C=O) groups excluding carboxylic acids is 1. The molecule has 0 aromatic heterocycles. The fourth-order valence-corrected chi connectivity index (χ4v) is 2.65. The zero-order valence-corrected chi connectivity index (χ0v) is 11.1. The number of hydrogen-bond acceptors (Lipinski definition) is 2. The lowest BCUT2D eigenvalue weighted by Crippen LogP contribution is -2.54. The van der Waals surface area contributed by atoms with Crippen LogP contribution in [0.2, 0.25) is 0 Å². The van der Waals surface area contributed by atoms with Gasteiger partial charge in [0.25, 0.3) is 0 Å². The van der Waals surface area contributed by atoms with Crippen LogP contribution in [0.3, 0.4) is 0 Å². The molecule has 2 aliphatic rings. The van der Waals surface area contributed by atoms with Gasteiger partial charge in [-0.15, -0.1) is 0 Å². The van der Waals surface area contributed by atoms with Crippen molar-refractivity contribution in [2.45, 2.75) is 51.6 Å². The van der Waals surface area contributed by atoms with E-state index in [1.807, 2.05) is 0 Å². The van der Waals surface area contributed by atoms with Gasteiger partial charge in [-0.25, -0.2) is 9.59 Å². The third-order valence-corrected chi connectivity index (χ3v) is 4.25. The zero-order valence-electron chi connectivity index (χ0n) is 11.1. The fourth-order valence-electron chi connectivity index (χ4n) is 2.65. The number of hydrogen-bond donors (Lipinski definition) is 2. The molecule has 1 saturated carbocycles. The van der Waals surface area contributed by atoms with Crippen LogP contribution in [0.4, 0.5) is 4.79 Å². The summed E-state index contributed by atoms with van der Waals surface area (Å²) in [4.78, 5) is 24.8. The normalized spacial score (nSPS) is 35.1. The second-order valence-electron chi connectivity index (χ2n) is 5.62. The molecule has 102 valence electrons. The first-order chi connectivity index (χ1) is 8.52. The molecule has 0 radical (unpaired) electrons. The van der Waals surface area contributed by atoms with E-state index in [-0.39, 0.29) is 12.1 Å². The summed E-state index contributed by atoms with van der Waals surface area (Å²) in [6.07, 6.45) is 3.49. The summed E-state index contributed by atoms with van der Waals surface area (Å²) in [5.41, 5.74) is 0. The number of carboxylic acids is 1. The van der Waals surface area contributed by atoms with Gasteiger partial charge in [0.05, 0.1) is 0 Å². The van der Waals surface area contributed by atoms with E-state index in [0.29, 0.717) is 24.8 Å². The van der Waals surface area contributed by atoms with Crippen LogP contribution in [0.25, 0.3) is 0 Å². The summed E-state index contributed by atoms with van der Waals surface area (Å²) in [5, 5.41) is 12.2. The molecule has 4 unspecified atom stereocenters. The Balaban J connectivity index is 1.96. The second kappa shape index (κ2) is 5.16. The molecule has 1 aliphatic heterocycles. The van der Waals surface area contributed by atoms with E-state index in [1.165, 1.54) is 4.90 Å². The Morgan fingerprint density at radius 3 is 2.56 bits per heavy atom. The molecule has 4 atom stereocenters. The van der Waals surface area contributed by atoms with E-state index in [2.05, 4.69) is 19.2 Å². The Morgan fingerprint density at radius 2 is 2.06 bits per heavy atom. The third-order valence-electron chi connectivity index (χ3n) is 4.25. The Bertz CT molecular complexity index is 345. The Hall–Kier alpha value is -1.26. The molecule has 2 rings (SSSR count). The van der Waals surface area contributed by atoms with Crippen LogP contribution in [0.15, 0.2) is 0 Å². The van der Waals surface area contributed by atoms with Crippen LogP contribution in [0.1, 0.15) is 39.5 Å². The Morgan fingerprint density at radius 1 is 1.39 bits per heavy atom. The SMILES string of the molecule is CCC1CCN(C(=O)NC2CC2C)C(C(=O)O)C1. The molecule has 1 heterocycles. The first kappa shape index (κ1) is 13.2. The predicted octanol–water partition coefficient (Wildman–Crippen LogP) is 1.68. The monoisotopic (exact) mass is 254 g/mol. The lowest BCUT2D eigenvalue weighted by atomic mass is 9.89. The van der Waals surface area contributed by atoms with Crippen LogP contribution in [-0.4, -0.2) is 40.6 Å². The van der Waals surface area contributed by atoms with E-state index in [0.717, 1.165) is 19.3 Å². The molecule has 0 aromatic carbocycles. The molecule has 2 amide bonds. The van der Waals surface area contributed by atoms with Gasteiger partial charge in [-0.2, -0.15) is 0 Å². The van der Waals surface area contributed by atoms with Crippen molar-refractivity contribution in [1.82, 2.24) is 10.2 Å². The topological polar surface area (TPSA) is 69.6 Å². The number of piperidine rings is 1. The van der Waals surface area contributed by atoms with Crippen molar-refractivity contribution in [3.05, 3.63) is 0 Å². The lowest BCUT2D eigenvalue weighted by Gasteiger charge is -2.36. The average Bonchev–Trinajstić information content (AvgIpc) is 3.03. The quantitative estimate of drug-likeness (QED) is 0.805. The van der Waals surface area contributed by atoms with Crippen LogP contribution in [0, 0.1) is 11.8 Å². The van der Waals surface area contributed by atoms with E-state index < -0.39 is 12.0 Å². The summed E-state index contributed by atoms with van der Waals surface area (Å²) < 4.78 is 0. The number of carbonyl (C=O) groups is 2. The number of aliphatic carboxylic acids is 1. The van der Waals surface area contributed by atoms with E-state index in [1.54, 1.807) is 0 Å². The molecular formula is C13H22N2O3. The summed E-state index contributed by atoms with van der Waals surface area (Å²) in [6, 6.07) is -0.611. The number of nitrogens with one attached hydrogen (secondary N) is 1. The van der Waals surface area contributed by atoms with Crippen molar-refractivity contribution >= 4 is 12.0 Å². The first-order valence-electron chi connectivity index (χ1n) is 6.82. The number of likely N-dealkylation sites (tertiary alicyclic amines) is 1. The van der Waals surface area contributed by atoms with Gasteiger partial charge in [0.15, 0.2) is 0 Å². The minimum absolute atomic E-state index is 0.202. The van der Waals surface area contributed by atoms with E-state index >= 15 is 0 Å². The molecule has 0 spiro atoms. The van der Waals surface area contributed by atoms with Gasteiger partial charge in [0.1, 0.15) is 6.04 Å². The summed E-state index contributed by atoms with van der Waals surface area (Å²) in [6.45, 7) is 4.72. The van der Waals surface area contributed by atoms with Gasteiger partial charge in [-0.05, 0) is 31.1 Å². The summed E-state index contributed by atoms with van der Waals surface area (Å²) in [7, 11) is 0. The second-order valence-corrected chi connectivity index (χ2v) is 5.62. The van der Waals surface area contributed by atoms with Gasteiger partial charge >= 0.3 is 12.0 Å². The van der Waals surface area contributed by atoms with E-state index in [4.69, 9.17) is 0 Å². The van der Waals surface area contributed by atoms with E-state index in [9.17, 15) is 14.7 Å². The summed E-state index contributed by atoms with van der Waals surface area (Å²) in [5.74, 6) is 0.0764. The van der Waals surface area contributed by atoms with Crippen LogP contribution in [0.5, 0.6) is 0 Å². The zero-order chi connectivity index (χ0) is 13.3.